The van der Waals surface area contributed by atoms with E-state index in [4.69, 9.17) is 4.74 Å². The van der Waals surface area contributed by atoms with Crippen molar-refractivity contribution in [3.05, 3.63) is 102 Å². The van der Waals surface area contributed by atoms with Crippen LogP contribution in [-0.4, -0.2) is 5.91 Å². The van der Waals surface area contributed by atoms with E-state index in [1.54, 1.807) is 6.07 Å². The van der Waals surface area contributed by atoms with Crippen molar-refractivity contribution in [1.82, 2.24) is 5.32 Å². The second-order valence-corrected chi connectivity index (χ2v) is 7.37. The van der Waals surface area contributed by atoms with Crippen molar-refractivity contribution in [3.8, 4) is 5.75 Å². The fourth-order valence-corrected chi connectivity index (χ4v) is 3.14. The molecule has 0 aliphatic carbocycles. The minimum absolute atomic E-state index is 0.0115. The predicted molar refractivity (Wildman–Crippen MR) is 113 cm³/mol. The van der Waals surface area contributed by atoms with Crippen molar-refractivity contribution in [2.75, 3.05) is 0 Å². The Morgan fingerprint density at radius 2 is 1.57 bits per heavy atom. The third kappa shape index (κ3) is 5.71. The van der Waals surface area contributed by atoms with Gasteiger partial charge in [0.15, 0.2) is 0 Å². The van der Waals surface area contributed by atoms with E-state index >= 15 is 0 Å². The third-order valence-electron chi connectivity index (χ3n) is 4.56. The molecule has 1 atom stereocenters. The number of ether oxygens (including phenoxy) is 1. The van der Waals surface area contributed by atoms with Crippen LogP contribution in [0.25, 0.3) is 0 Å². The average Bonchev–Trinajstić information content (AvgIpc) is 2.73. The lowest BCUT2D eigenvalue weighted by molar-refractivity contribution is 0.0931. The van der Waals surface area contributed by atoms with E-state index < -0.39 is 0 Å². The molecule has 3 nitrogen and oxygen atoms in total. The first-order chi connectivity index (χ1) is 13.6. The van der Waals surface area contributed by atoms with Gasteiger partial charge in [-0.1, -0.05) is 80.6 Å². The first-order valence-electron chi connectivity index (χ1n) is 9.74. The summed E-state index contributed by atoms with van der Waals surface area (Å²) >= 11 is 0. The van der Waals surface area contributed by atoms with Crippen molar-refractivity contribution in [2.24, 2.45) is 5.92 Å². The lowest BCUT2D eigenvalue weighted by Gasteiger charge is -2.21. The first-order valence-corrected chi connectivity index (χ1v) is 9.74. The zero-order valence-electron chi connectivity index (χ0n) is 16.5. The van der Waals surface area contributed by atoms with Crippen LogP contribution in [0, 0.1) is 5.92 Å². The summed E-state index contributed by atoms with van der Waals surface area (Å²) in [5.74, 6) is 1.09. The van der Waals surface area contributed by atoms with Crippen molar-refractivity contribution >= 4 is 5.91 Å². The van der Waals surface area contributed by atoms with Gasteiger partial charge in [0.2, 0.25) is 0 Å². The topological polar surface area (TPSA) is 38.3 Å². The van der Waals surface area contributed by atoms with Crippen molar-refractivity contribution < 1.29 is 9.53 Å². The quantitative estimate of drug-likeness (QED) is 0.543. The van der Waals surface area contributed by atoms with Crippen LogP contribution < -0.4 is 10.1 Å². The molecule has 28 heavy (non-hydrogen) atoms. The molecule has 0 saturated heterocycles. The molecule has 3 aromatic rings. The van der Waals surface area contributed by atoms with Gasteiger partial charge in [0.1, 0.15) is 12.4 Å². The van der Waals surface area contributed by atoms with Crippen LogP contribution in [0.15, 0.2) is 84.9 Å². The maximum atomic E-state index is 12.9. The van der Waals surface area contributed by atoms with Gasteiger partial charge in [0.25, 0.3) is 5.91 Å². The molecule has 3 heteroatoms. The first kappa shape index (κ1) is 19.7. The molecule has 3 rings (SSSR count). The fourth-order valence-electron chi connectivity index (χ4n) is 3.14. The molecule has 144 valence electrons. The van der Waals surface area contributed by atoms with Gasteiger partial charge < -0.3 is 10.1 Å². The highest BCUT2D eigenvalue weighted by molar-refractivity contribution is 5.94. The number of benzene rings is 3. The molecule has 0 fully saturated rings. The maximum Gasteiger partial charge on any atom is 0.251 e. The highest BCUT2D eigenvalue weighted by Crippen LogP contribution is 2.22. The molecule has 0 heterocycles. The number of carbonyl (C=O) groups is 1. The second-order valence-electron chi connectivity index (χ2n) is 7.37. The summed E-state index contributed by atoms with van der Waals surface area (Å²) in [7, 11) is 0. The van der Waals surface area contributed by atoms with Crippen LogP contribution in [0.3, 0.4) is 0 Å². The molecular weight excluding hydrogens is 346 g/mol. The highest BCUT2D eigenvalue weighted by Gasteiger charge is 2.17. The molecule has 1 unspecified atom stereocenters. The molecule has 0 saturated carbocycles. The monoisotopic (exact) mass is 373 g/mol. The second kappa shape index (κ2) is 9.75. The van der Waals surface area contributed by atoms with Crippen LogP contribution in [0.1, 0.15) is 47.8 Å². The van der Waals surface area contributed by atoms with Gasteiger partial charge in [0, 0.05) is 5.56 Å². The molecule has 1 N–H and O–H groups in total. The normalized spacial score (nSPS) is 11.8. The number of carbonyl (C=O) groups excluding carboxylic acids is 1. The molecule has 3 aromatic carbocycles. The Balaban J connectivity index is 1.68. The standard InChI is InChI=1S/C25H27NO2/c1-19(2)16-24(21-12-7-4-8-13-21)26-25(27)22-14-9-15-23(17-22)28-18-20-10-5-3-6-11-20/h3-15,17,19,24H,16,18H2,1-2H3,(H,26,27). The molecule has 0 bridgehead atoms. The Labute approximate surface area is 167 Å². The Hall–Kier alpha value is -3.07. The van der Waals surface area contributed by atoms with E-state index in [0.717, 1.165) is 17.5 Å². The van der Waals surface area contributed by atoms with Gasteiger partial charge in [-0.25, -0.2) is 0 Å². The highest BCUT2D eigenvalue weighted by atomic mass is 16.5. The Bertz CT molecular complexity index is 875. The largest absolute Gasteiger partial charge is 0.489 e. The van der Waals surface area contributed by atoms with Gasteiger partial charge >= 0.3 is 0 Å². The van der Waals surface area contributed by atoms with Crippen LogP contribution in [0.5, 0.6) is 5.75 Å². The van der Waals surface area contributed by atoms with E-state index in [1.807, 2.05) is 66.7 Å². The van der Waals surface area contributed by atoms with E-state index in [9.17, 15) is 4.79 Å². The number of amides is 1. The summed E-state index contributed by atoms with van der Waals surface area (Å²) in [5, 5.41) is 3.19. The van der Waals surface area contributed by atoms with E-state index in [1.165, 1.54) is 0 Å². The van der Waals surface area contributed by atoms with Gasteiger partial charge in [-0.15, -0.1) is 0 Å². The summed E-state index contributed by atoms with van der Waals surface area (Å²) in [6.45, 7) is 4.81. The molecule has 0 radical (unpaired) electrons. The summed E-state index contributed by atoms with van der Waals surface area (Å²) in [5.41, 5.74) is 2.83. The lowest BCUT2D eigenvalue weighted by Crippen LogP contribution is -2.29. The molecule has 0 aliphatic heterocycles. The van der Waals surface area contributed by atoms with Gasteiger partial charge in [0.05, 0.1) is 6.04 Å². The van der Waals surface area contributed by atoms with Crippen LogP contribution in [0.2, 0.25) is 0 Å². The van der Waals surface area contributed by atoms with Crippen molar-refractivity contribution in [2.45, 2.75) is 32.9 Å². The van der Waals surface area contributed by atoms with Crippen LogP contribution >= 0.6 is 0 Å². The lowest BCUT2D eigenvalue weighted by atomic mass is 9.96. The average molecular weight is 373 g/mol. The molecule has 1 amide bonds. The van der Waals surface area contributed by atoms with Crippen molar-refractivity contribution in [3.63, 3.8) is 0 Å². The molecule has 0 aliphatic rings. The van der Waals surface area contributed by atoms with Crippen molar-refractivity contribution in [1.29, 1.82) is 0 Å². The van der Waals surface area contributed by atoms with Crippen LogP contribution in [-0.2, 0) is 6.61 Å². The van der Waals surface area contributed by atoms with E-state index in [0.29, 0.717) is 23.8 Å². The summed E-state index contributed by atoms with van der Waals surface area (Å²) in [6.07, 6.45) is 0.889. The zero-order chi connectivity index (χ0) is 19.8. The molecule has 0 spiro atoms. The minimum Gasteiger partial charge on any atom is -0.489 e. The Morgan fingerprint density at radius 1 is 0.893 bits per heavy atom. The number of hydrogen-bond donors (Lipinski definition) is 1. The van der Waals surface area contributed by atoms with Crippen LogP contribution in [0.4, 0.5) is 0 Å². The van der Waals surface area contributed by atoms with Gasteiger partial charge in [-0.3, -0.25) is 4.79 Å². The Morgan fingerprint density at radius 3 is 2.25 bits per heavy atom. The number of nitrogens with one attached hydrogen (secondary N) is 1. The van der Waals surface area contributed by atoms with Gasteiger partial charge in [-0.2, -0.15) is 0 Å². The van der Waals surface area contributed by atoms with E-state index in [-0.39, 0.29) is 11.9 Å². The third-order valence-corrected chi connectivity index (χ3v) is 4.56. The molecular formula is C25H27NO2. The van der Waals surface area contributed by atoms with Gasteiger partial charge in [-0.05, 0) is 41.7 Å². The van der Waals surface area contributed by atoms with E-state index in [2.05, 4.69) is 31.3 Å². The SMILES string of the molecule is CC(C)CC(NC(=O)c1cccc(OCc2ccccc2)c1)c1ccccc1. The number of hydrogen-bond acceptors (Lipinski definition) is 2. The fraction of sp³-hybridized carbons (Fsp3) is 0.240. The summed E-state index contributed by atoms with van der Waals surface area (Å²) in [6, 6.07) is 27.5. The zero-order valence-corrected chi connectivity index (χ0v) is 16.5. The number of rotatable bonds is 8. The maximum absolute atomic E-state index is 12.9. The smallest absolute Gasteiger partial charge is 0.251 e. The summed E-state index contributed by atoms with van der Waals surface area (Å²) < 4.78 is 5.86. The Kier molecular flexibility index (Phi) is 6.85. The minimum atomic E-state index is -0.0836. The summed E-state index contributed by atoms with van der Waals surface area (Å²) in [4.78, 5) is 12.9. The molecule has 0 aromatic heterocycles. The predicted octanol–water partition coefficient (Wildman–Crippen LogP) is 5.78.